The number of benzene rings is 1. The number of hydrogen-bond donors (Lipinski definition) is 3. The van der Waals surface area contributed by atoms with Gasteiger partial charge in [0.2, 0.25) is 21.8 Å². The molecule has 8 nitrogen and oxygen atoms in total. The Bertz CT molecular complexity index is 762. The van der Waals surface area contributed by atoms with E-state index < -0.39 is 21.5 Å². The fourth-order valence-electron chi connectivity index (χ4n) is 2.84. The molecule has 0 aliphatic rings. The molecule has 4 N–H and O–H groups in total. The molecule has 0 aliphatic heterocycles. The largest absolute Gasteiger partial charge is 0.349 e. The second kappa shape index (κ2) is 9.29. The van der Waals surface area contributed by atoms with Gasteiger partial charge in [-0.3, -0.25) is 9.59 Å². The molecule has 0 saturated heterocycles. The third-order valence-electron chi connectivity index (χ3n) is 4.00. The van der Waals surface area contributed by atoms with E-state index >= 15 is 0 Å². The molecular formula is C18H30N4O4S. The van der Waals surface area contributed by atoms with E-state index in [1.165, 1.54) is 38.2 Å². The van der Waals surface area contributed by atoms with Crippen molar-refractivity contribution in [2.75, 3.05) is 25.5 Å². The molecule has 1 atom stereocenters. The topological polar surface area (TPSA) is 122 Å². The molecule has 9 heteroatoms. The summed E-state index contributed by atoms with van der Waals surface area (Å²) in [5.74, 6) is -0.323. The van der Waals surface area contributed by atoms with Crippen LogP contribution in [0.25, 0.3) is 0 Å². The molecule has 0 heterocycles. The van der Waals surface area contributed by atoms with Crippen molar-refractivity contribution in [2.45, 2.75) is 44.6 Å². The van der Waals surface area contributed by atoms with Gasteiger partial charge in [0.15, 0.2) is 0 Å². The van der Waals surface area contributed by atoms with E-state index in [4.69, 9.17) is 5.73 Å². The van der Waals surface area contributed by atoms with Crippen molar-refractivity contribution in [3.63, 3.8) is 0 Å². The predicted molar refractivity (Wildman–Crippen MR) is 106 cm³/mol. The number of nitrogens with one attached hydrogen (secondary N) is 2. The monoisotopic (exact) mass is 398 g/mol. The van der Waals surface area contributed by atoms with Gasteiger partial charge in [0.1, 0.15) is 0 Å². The number of sulfonamides is 1. The summed E-state index contributed by atoms with van der Waals surface area (Å²) in [6.45, 7) is 7.22. The highest BCUT2D eigenvalue weighted by atomic mass is 32.2. The van der Waals surface area contributed by atoms with Gasteiger partial charge in [0, 0.05) is 31.7 Å². The van der Waals surface area contributed by atoms with Crippen LogP contribution < -0.4 is 16.4 Å². The lowest BCUT2D eigenvalue weighted by atomic mass is 9.91. The Labute approximate surface area is 161 Å². The maximum absolute atomic E-state index is 12.6. The highest BCUT2D eigenvalue weighted by molar-refractivity contribution is 7.89. The van der Waals surface area contributed by atoms with Gasteiger partial charge in [0.05, 0.1) is 11.4 Å². The molecule has 1 aromatic carbocycles. The first-order valence-electron chi connectivity index (χ1n) is 8.74. The molecule has 0 spiro atoms. The summed E-state index contributed by atoms with van der Waals surface area (Å²) < 4.78 is 26.3. The van der Waals surface area contributed by atoms with Crippen LogP contribution in [-0.4, -0.2) is 50.2 Å². The fourth-order valence-corrected chi connectivity index (χ4v) is 3.97. The van der Waals surface area contributed by atoms with Crippen LogP contribution in [0, 0.1) is 5.92 Å². The maximum Gasteiger partial charge on any atom is 0.243 e. The summed E-state index contributed by atoms with van der Waals surface area (Å²) in [5, 5.41) is 5.41. The van der Waals surface area contributed by atoms with E-state index in [0.717, 1.165) is 4.31 Å². The first-order chi connectivity index (χ1) is 12.4. The molecule has 0 fully saturated rings. The van der Waals surface area contributed by atoms with Crippen molar-refractivity contribution >= 4 is 27.5 Å². The van der Waals surface area contributed by atoms with Crippen molar-refractivity contribution < 1.29 is 18.0 Å². The molecule has 1 aromatic rings. The molecule has 1 rings (SSSR count). The van der Waals surface area contributed by atoms with Crippen LogP contribution >= 0.6 is 0 Å². The SMILES string of the molecule is CC(=O)Nc1ccc(S(=O)(=O)N(C)CC(=O)NC(C)(CN)CC(C)C)cc1. The highest BCUT2D eigenvalue weighted by Crippen LogP contribution is 2.18. The zero-order valence-electron chi connectivity index (χ0n) is 16.6. The highest BCUT2D eigenvalue weighted by Gasteiger charge is 2.28. The first kappa shape index (κ1) is 23.1. The Kier molecular flexibility index (Phi) is 7.94. The number of nitrogens with zero attached hydrogens (tertiary/aromatic N) is 1. The first-order valence-corrected chi connectivity index (χ1v) is 10.2. The van der Waals surface area contributed by atoms with Gasteiger partial charge in [0.25, 0.3) is 0 Å². The van der Waals surface area contributed by atoms with Crippen LogP contribution in [0.5, 0.6) is 0 Å². The second-order valence-corrected chi connectivity index (χ2v) is 9.42. The Morgan fingerprint density at radius 2 is 1.78 bits per heavy atom. The standard InChI is InChI=1S/C18H30N4O4S/c1-13(2)10-18(4,12-19)21-17(24)11-22(5)27(25,26)16-8-6-15(7-9-16)20-14(3)23/h6-9,13H,10-12,19H2,1-5H3,(H,20,23)(H,21,24). The number of carbonyl (C=O) groups is 2. The van der Waals surface area contributed by atoms with Gasteiger partial charge in [-0.1, -0.05) is 13.8 Å². The molecule has 0 aliphatic carbocycles. The third-order valence-corrected chi connectivity index (χ3v) is 5.82. The minimum Gasteiger partial charge on any atom is -0.349 e. The van der Waals surface area contributed by atoms with Crippen LogP contribution in [0.4, 0.5) is 5.69 Å². The summed E-state index contributed by atoms with van der Waals surface area (Å²) in [5.41, 5.74) is 5.69. The minimum atomic E-state index is -3.84. The average Bonchev–Trinajstić information content (AvgIpc) is 2.53. The van der Waals surface area contributed by atoms with E-state index in [1.54, 1.807) is 0 Å². The number of amides is 2. The average molecular weight is 399 g/mol. The smallest absolute Gasteiger partial charge is 0.243 e. The summed E-state index contributed by atoms with van der Waals surface area (Å²) in [4.78, 5) is 23.4. The molecule has 0 saturated carbocycles. The van der Waals surface area contributed by atoms with Crippen molar-refractivity contribution in [3.05, 3.63) is 24.3 Å². The number of rotatable bonds is 9. The minimum absolute atomic E-state index is 0.0377. The van der Waals surface area contributed by atoms with E-state index in [1.807, 2.05) is 20.8 Å². The fraction of sp³-hybridized carbons (Fsp3) is 0.556. The zero-order chi connectivity index (χ0) is 20.8. The van der Waals surface area contributed by atoms with Gasteiger partial charge >= 0.3 is 0 Å². The van der Waals surface area contributed by atoms with Crippen molar-refractivity contribution in [1.82, 2.24) is 9.62 Å². The predicted octanol–water partition coefficient (Wildman–Crippen LogP) is 1.15. The molecule has 27 heavy (non-hydrogen) atoms. The van der Waals surface area contributed by atoms with Crippen molar-refractivity contribution in [1.29, 1.82) is 0 Å². The van der Waals surface area contributed by atoms with E-state index in [2.05, 4.69) is 10.6 Å². The third kappa shape index (κ3) is 6.93. The number of anilines is 1. The van der Waals surface area contributed by atoms with E-state index in [-0.39, 0.29) is 23.9 Å². The molecule has 152 valence electrons. The lowest BCUT2D eigenvalue weighted by Gasteiger charge is -2.32. The van der Waals surface area contributed by atoms with Gasteiger partial charge < -0.3 is 16.4 Å². The van der Waals surface area contributed by atoms with E-state index in [0.29, 0.717) is 18.0 Å². The van der Waals surface area contributed by atoms with Crippen molar-refractivity contribution in [3.8, 4) is 0 Å². The van der Waals surface area contributed by atoms with Crippen LogP contribution in [0.1, 0.15) is 34.1 Å². The Balaban J connectivity index is 2.83. The van der Waals surface area contributed by atoms with Crippen LogP contribution in [0.2, 0.25) is 0 Å². The summed E-state index contributed by atoms with van der Waals surface area (Å²) in [6.07, 6.45) is 0.691. The van der Waals surface area contributed by atoms with Gasteiger partial charge in [-0.25, -0.2) is 8.42 Å². The molecule has 0 aromatic heterocycles. The molecule has 0 bridgehead atoms. The molecule has 1 unspecified atom stereocenters. The molecule has 2 amide bonds. The Hall–Kier alpha value is -1.97. The van der Waals surface area contributed by atoms with Gasteiger partial charge in [-0.2, -0.15) is 4.31 Å². The number of likely N-dealkylation sites (N-methyl/N-ethyl adjacent to an activating group) is 1. The maximum atomic E-state index is 12.6. The van der Waals surface area contributed by atoms with E-state index in [9.17, 15) is 18.0 Å². The second-order valence-electron chi connectivity index (χ2n) is 7.38. The normalized spacial score (nSPS) is 14.1. The summed E-state index contributed by atoms with van der Waals surface area (Å²) >= 11 is 0. The molecular weight excluding hydrogens is 368 g/mol. The zero-order valence-corrected chi connectivity index (χ0v) is 17.4. The van der Waals surface area contributed by atoms with Crippen molar-refractivity contribution in [2.24, 2.45) is 11.7 Å². The number of hydrogen-bond acceptors (Lipinski definition) is 5. The lowest BCUT2D eigenvalue weighted by molar-refractivity contribution is -0.123. The summed E-state index contributed by atoms with van der Waals surface area (Å²) in [7, 11) is -2.49. The molecule has 0 radical (unpaired) electrons. The van der Waals surface area contributed by atoms with Gasteiger partial charge in [-0.15, -0.1) is 0 Å². The summed E-state index contributed by atoms with van der Waals surface area (Å²) in [6, 6.07) is 5.77. The van der Waals surface area contributed by atoms with Crippen LogP contribution in [0.3, 0.4) is 0 Å². The lowest BCUT2D eigenvalue weighted by Crippen LogP contribution is -2.54. The quantitative estimate of drug-likeness (QED) is 0.576. The van der Waals surface area contributed by atoms with Crippen LogP contribution in [0.15, 0.2) is 29.2 Å². The van der Waals surface area contributed by atoms with Crippen LogP contribution in [-0.2, 0) is 19.6 Å². The Morgan fingerprint density at radius 1 is 1.22 bits per heavy atom. The Morgan fingerprint density at radius 3 is 2.22 bits per heavy atom. The number of carbonyl (C=O) groups excluding carboxylic acids is 2. The number of nitrogens with two attached hydrogens (primary N) is 1. The van der Waals surface area contributed by atoms with Gasteiger partial charge in [-0.05, 0) is 43.5 Å².